The Morgan fingerprint density at radius 3 is 2.70 bits per heavy atom. The van der Waals surface area contributed by atoms with Gasteiger partial charge in [-0.3, -0.25) is 14.9 Å². The van der Waals surface area contributed by atoms with E-state index in [1.807, 2.05) is 0 Å². The summed E-state index contributed by atoms with van der Waals surface area (Å²) in [7, 11) is 0. The molecule has 0 amide bonds. The maximum Gasteiger partial charge on any atom is 0.313 e. The van der Waals surface area contributed by atoms with Gasteiger partial charge in [0.1, 0.15) is 17.9 Å². The Morgan fingerprint density at radius 2 is 2.05 bits per heavy atom. The van der Waals surface area contributed by atoms with E-state index in [1.165, 1.54) is 24.3 Å². The lowest BCUT2D eigenvalue weighted by atomic mass is 10.2. The molecule has 0 saturated carbocycles. The van der Waals surface area contributed by atoms with Crippen molar-refractivity contribution in [2.24, 2.45) is 0 Å². The lowest BCUT2D eigenvalue weighted by Crippen LogP contribution is -1.95. The standard InChI is InChI=1S/C13H7ClFNO4/c14-11-2-1-3-12(16(18)19)13(11)20-10-5-8(7-17)4-9(15)6-10/h1-7H. The Bertz CT molecular complexity index is 690. The van der Waals surface area contributed by atoms with E-state index >= 15 is 0 Å². The van der Waals surface area contributed by atoms with Crippen molar-refractivity contribution in [1.82, 2.24) is 0 Å². The van der Waals surface area contributed by atoms with Crippen molar-refractivity contribution in [2.75, 3.05) is 0 Å². The molecule has 2 aromatic carbocycles. The topological polar surface area (TPSA) is 69.4 Å². The summed E-state index contributed by atoms with van der Waals surface area (Å²) >= 11 is 5.84. The van der Waals surface area contributed by atoms with Gasteiger partial charge in [-0.1, -0.05) is 17.7 Å². The van der Waals surface area contributed by atoms with Crippen LogP contribution in [0.5, 0.6) is 11.5 Å². The third-order valence-electron chi connectivity index (χ3n) is 2.39. The molecule has 0 aliphatic rings. The fourth-order valence-electron chi connectivity index (χ4n) is 1.57. The second-order valence-electron chi connectivity index (χ2n) is 3.79. The lowest BCUT2D eigenvalue weighted by molar-refractivity contribution is -0.385. The second kappa shape index (κ2) is 5.66. The van der Waals surface area contributed by atoms with Crippen molar-refractivity contribution in [3.8, 4) is 11.5 Å². The zero-order valence-electron chi connectivity index (χ0n) is 9.88. The molecule has 0 unspecified atom stereocenters. The molecule has 7 heteroatoms. The van der Waals surface area contributed by atoms with E-state index in [0.29, 0.717) is 6.29 Å². The zero-order chi connectivity index (χ0) is 14.7. The molecule has 0 fully saturated rings. The van der Waals surface area contributed by atoms with Crippen LogP contribution in [0.4, 0.5) is 10.1 Å². The Balaban J connectivity index is 2.47. The van der Waals surface area contributed by atoms with E-state index in [2.05, 4.69) is 0 Å². The number of nitro groups is 1. The van der Waals surface area contributed by atoms with E-state index in [4.69, 9.17) is 16.3 Å². The highest BCUT2D eigenvalue weighted by Crippen LogP contribution is 2.37. The van der Waals surface area contributed by atoms with Crippen molar-refractivity contribution in [2.45, 2.75) is 0 Å². The highest BCUT2D eigenvalue weighted by molar-refractivity contribution is 6.32. The van der Waals surface area contributed by atoms with Gasteiger partial charge in [0.2, 0.25) is 5.75 Å². The van der Waals surface area contributed by atoms with Crippen LogP contribution in [-0.4, -0.2) is 11.2 Å². The van der Waals surface area contributed by atoms with E-state index in [0.717, 1.165) is 12.1 Å². The van der Waals surface area contributed by atoms with Crippen LogP contribution in [0.2, 0.25) is 5.02 Å². The van der Waals surface area contributed by atoms with Gasteiger partial charge in [0.15, 0.2) is 0 Å². The molecule has 2 rings (SSSR count). The quantitative estimate of drug-likeness (QED) is 0.486. The van der Waals surface area contributed by atoms with Crippen molar-refractivity contribution < 1.29 is 18.8 Å². The van der Waals surface area contributed by atoms with E-state index < -0.39 is 10.7 Å². The summed E-state index contributed by atoms with van der Waals surface area (Å²) < 4.78 is 18.5. The molecule has 0 aliphatic carbocycles. The summed E-state index contributed by atoms with van der Waals surface area (Å²) in [5.74, 6) is -0.954. The SMILES string of the molecule is O=Cc1cc(F)cc(Oc2c(Cl)cccc2[N+](=O)[O-])c1. The molecule has 0 aliphatic heterocycles. The van der Waals surface area contributed by atoms with Crippen LogP contribution in [0.25, 0.3) is 0 Å². The Kier molecular flexibility index (Phi) is 3.95. The summed E-state index contributed by atoms with van der Waals surface area (Å²) in [6, 6.07) is 7.28. The number of rotatable bonds is 4. The van der Waals surface area contributed by atoms with Gasteiger partial charge in [0.05, 0.1) is 9.95 Å². The minimum absolute atomic E-state index is 0.0103. The van der Waals surface area contributed by atoms with Crippen LogP contribution < -0.4 is 4.74 Å². The van der Waals surface area contributed by atoms with Crippen LogP contribution in [0.3, 0.4) is 0 Å². The molecule has 0 radical (unpaired) electrons. The minimum atomic E-state index is -0.695. The van der Waals surface area contributed by atoms with Crippen LogP contribution in [0.15, 0.2) is 36.4 Å². The molecule has 0 N–H and O–H groups in total. The van der Waals surface area contributed by atoms with Crippen molar-refractivity contribution in [1.29, 1.82) is 0 Å². The number of carbonyl (C=O) groups is 1. The minimum Gasteiger partial charge on any atom is -0.448 e. The molecule has 0 heterocycles. The fraction of sp³-hybridized carbons (Fsp3) is 0. The number of aldehydes is 1. The number of nitro benzene ring substituents is 1. The molecule has 0 aromatic heterocycles. The summed E-state index contributed by atoms with van der Waals surface area (Å²) in [4.78, 5) is 20.9. The van der Waals surface area contributed by atoms with Gasteiger partial charge >= 0.3 is 5.69 Å². The number of carbonyl (C=O) groups excluding carboxylic acids is 1. The molecular formula is C13H7ClFNO4. The predicted molar refractivity (Wildman–Crippen MR) is 70.0 cm³/mol. The molecule has 20 heavy (non-hydrogen) atoms. The number of halogens is 2. The van der Waals surface area contributed by atoms with Crippen LogP contribution >= 0.6 is 11.6 Å². The summed E-state index contributed by atoms with van der Waals surface area (Å²) in [5, 5.41) is 10.9. The number of para-hydroxylation sites is 1. The Morgan fingerprint density at radius 1 is 1.30 bits per heavy atom. The molecule has 5 nitrogen and oxygen atoms in total. The normalized spacial score (nSPS) is 10.1. The molecule has 0 atom stereocenters. The molecule has 0 bridgehead atoms. The lowest BCUT2D eigenvalue weighted by Gasteiger charge is -2.08. The number of hydrogen-bond donors (Lipinski definition) is 0. The number of benzene rings is 2. The first-order chi connectivity index (χ1) is 9.51. The number of nitrogens with zero attached hydrogens (tertiary/aromatic N) is 1. The molecular weight excluding hydrogens is 289 g/mol. The van der Waals surface area contributed by atoms with Crippen molar-refractivity contribution >= 4 is 23.6 Å². The smallest absolute Gasteiger partial charge is 0.313 e. The molecule has 2 aromatic rings. The first-order valence-electron chi connectivity index (χ1n) is 5.38. The van der Waals surface area contributed by atoms with Crippen LogP contribution in [0.1, 0.15) is 10.4 Å². The van der Waals surface area contributed by atoms with Gasteiger partial charge in [0.25, 0.3) is 0 Å². The van der Waals surface area contributed by atoms with E-state index in [-0.39, 0.29) is 27.8 Å². The van der Waals surface area contributed by atoms with Crippen LogP contribution in [-0.2, 0) is 0 Å². The maximum absolute atomic E-state index is 13.3. The fourth-order valence-corrected chi connectivity index (χ4v) is 1.78. The van der Waals surface area contributed by atoms with E-state index in [9.17, 15) is 19.3 Å². The third-order valence-corrected chi connectivity index (χ3v) is 2.69. The number of ether oxygens (including phenoxy) is 1. The largest absolute Gasteiger partial charge is 0.448 e. The zero-order valence-corrected chi connectivity index (χ0v) is 10.6. The van der Waals surface area contributed by atoms with Gasteiger partial charge in [-0.15, -0.1) is 0 Å². The summed E-state index contributed by atoms with van der Waals surface area (Å²) in [6.45, 7) is 0. The highest BCUT2D eigenvalue weighted by Gasteiger charge is 2.19. The second-order valence-corrected chi connectivity index (χ2v) is 4.19. The Hall–Kier alpha value is -2.47. The predicted octanol–water partition coefficient (Wildman–Crippen LogP) is 3.99. The third kappa shape index (κ3) is 2.92. The van der Waals surface area contributed by atoms with Gasteiger partial charge < -0.3 is 4.74 Å². The van der Waals surface area contributed by atoms with Crippen molar-refractivity contribution in [3.05, 3.63) is 62.9 Å². The number of hydrogen-bond acceptors (Lipinski definition) is 4. The highest BCUT2D eigenvalue weighted by atomic mass is 35.5. The Labute approximate surface area is 117 Å². The first kappa shape index (κ1) is 14.0. The van der Waals surface area contributed by atoms with Gasteiger partial charge in [-0.25, -0.2) is 4.39 Å². The molecule has 0 spiro atoms. The van der Waals surface area contributed by atoms with Gasteiger partial charge in [-0.2, -0.15) is 0 Å². The van der Waals surface area contributed by atoms with Crippen LogP contribution in [0, 0.1) is 15.9 Å². The monoisotopic (exact) mass is 295 g/mol. The van der Waals surface area contributed by atoms with Gasteiger partial charge in [-0.05, 0) is 18.2 Å². The van der Waals surface area contributed by atoms with Crippen molar-refractivity contribution in [3.63, 3.8) is 0 Å². The summed E-state index contributed by atoms with van der Waals surface area (Å²) in [6.07, 6.45) is 0.441. The van der Waals surface area contributed by atoms with E-state index in [1.54, 1.807) is 0 Å². The molecule has 102 valence electrons. The average Bonchev–Trinajstić information content (AvgIpc) is 2.40. The van der Waals surface area contributed by atoms with Gasteiger partial charge in [0, 0.05) is 17.7 Å². The molecule has 0 saturated heterocycles. The maximum atomic E-state index is 13.3. The average molecular weight is 296 g/mol. The first-order valence-corrected chi connectivity index (χ1v) is 5.75. The summed E-state index contributed by atoms with van der Waals surface area (Å²) in [5.41, 5.74) is -0.302.